The maximum atomic E-state index is 12.3. The molecule has 3 nitrogen and oxygen atoms in total. The van der Waals surface area contributed by atoms with E-state index in [2.05, 4.69) is 11.4 Å². The van der Waals surface area contributed by atoms with Crippen LogP contribution >= 0.6 is 0 Å². The Morgan fingerprint density at radius 2 is 1.84 bits per heavy atom. The molecule has 19 heavy (non-hydrogen) atoms. The van der Waals surface area contributed by atoms with E-state index in [0.717, 1.165) is 12.1 Å². The van der Waals surface area contributed by atoms with E-state index in [9.17, 15) is 9.59 Å². The Balaban J connectivity index is 3.06. The fourth-order valence-electron chi connectivity index (χ4n) is 1.98. The van der Waals surface area contributed by atoms with Crippen LogP contribution in [0.1, 0.15) is 41.0 Å². The van der Waals surface area contributed by atoms with Crippen molar-refractivity contribution >= 4 is 11.6 Å². The maximum Gasteiger partial charge on any atom is 0.185 e. The Bertz CT molecular complexity index is 505. The smallest absolute Gasteiger partial charge is 0.185 e. The molecule has 0 radical (unpaired) electrons. The van der Waals surface area contributed by atoms with Gasteiger partial charge in [-0.2, -0.15) is 0 Å². The summed E-state index contributed by atoms with van der Waals surface area (Å²) in [5.74, 6) is -0.0490. The number of carbonyl (C=O) groups is 2. The third-order valence-electron chi connectivity index (χ3n) is 3.83. The Labute approximate surface area is 115 Å². The normalized spacial score (nSPS) is 17.8. The minimum absolute atomic E-state index is 0.00221. The summed E-state index contributed by atoms with van der Waals surface area (Å²) in [7, 11) is 1.86. The summed E-state index contributed by atoms with van der Waals surface area (Å²) in [4.78, 5) is 24.2. The monoisotopic (exact) mass is 261 g/mol. The van der Waals surface area contributed by atoms with Gasteiger partial charge in [-0.3, -0.25) is 9.59 Å². The van der Waals surface area contributed by atoms with Gasteiger partial charge >= 0.3 is 0 Å². The SMILES string of the molecule is CN/C(C)=C/CC(C)(C)C1=CC(=O)C(C)=C(C)C1=O. The molecule has 1 aliphatic carbocycles. The first-order valence-corrected chi connectivity index (χ1v) is 6.54. The Morgan fingerprint density at radius 3 is 2.37 bits per heavy atom. The molecule has 1 aliphatic rings. The second-order valence-electron chi connectivity index (χ2n) is 5.73. The summed E-state index contributed by atoms with van der Waals surface area (Å²) in [6.45, 7) is 9.41. The molecule has 0 aliphatic heterocycles. The fraction of sp³-hybridized carbons (Fsp3) is 0.500. The zero-order valence-corrected chi connectivity index (χ0v) is 12.7. The van der Waals surface area contributed by atoms with Crippen LogP contribution in [-0.4, -0.2) is 18.6 Å². The van der Waals surface area contributed by atoms with Gasteiger partial charge in [0, 0.05) is 29.5 Å². The minimum atomic E-state index is -0.340. The zero-order chi connectivity index (χ0) is 14.8. The van der Waals surface area contributed by atoms with Gasteiger partial charge in [0.2, 0.25) is 0 Å². The lowest BCUT2D eigenvalue weighted by Crippen LogP contribution is -2.27. The number of hydrogen-bond donors (Lipinski definition) is 1. The highest BCUT2D eigenvalue weighted by Crippen LogP contribution is 2.36. The minimum Gasteiger partial charge on any atom is -0.392 e. The van der Waals surface area contributed by atoms with E-state index in [-0.39, 0.29) is 17.0 Å². The van der Waals surface area contributed by atoms with E-state index in [1.165, 1.54) is 6.08 Å². The van der Waals surface area contributed by atoms with Crippen LogP contribution in [0.15, 0.2) is 34.6 Å². The molecule has 0 heterocycles. The van der Waals surface area contributed by atoms with Crippen LogP contribution in [-0.2, 0) is 9.59 Å². The van der Waals surface area contributed by atoms with E-state index in [1.807, 2.05) is 27.8 Å². The molecular formula is C16H23NO2. The van der Waals surface area contributed by atoms with Crippen molar-refractivity contribution < 1.29 is 9.59 Å². The van der Waals surface area contributed by atoms with Gasteiger partial charge < -0.3 is 5.32 Å². The molecule has 1 N–H and O–H groups in total. The van der Waals surface area contributed by atoms with Crippen molar-refractivity contribution in [3.63, 3.8) is 0 Å². The quantitative estimate of drug-likeness (QED) is 0.791. The van der Waals surface area contributed by atoms with Crippen LogP contribution in [0.4, 0.5) is 0 Å². The second-order valence-corrected chi connectivity index (χ2v) is 5.73. The summed E-state index contributed by atoms with van der Waals surface area (Å²) < 4.78 is 0. The van der Waals surface area contributed by atoms with Gasteiger partial charge in [-0.15, -0.1) is 0 Å². The molecule has 0 fully saturated rings. The van der Waals surface area contributed by atoms with Crippen molar-refractivity contribution in [1.82, 2.24) is 5.32 Å². The second kappa shape index (κ2) is 5.55. The molecule has 3 heteroatoms. The lowest BCUT2D eigenvalue weighted by atomic mass is 9.74. The highest BCUT2D eigenvalue weighted by Gasteiger charge is 2.33. The molecule has 0 bridgehead atoms. The number of ketones is 2. The van der Waals surface area contributed by atoms with Crippen LogP contribution in [0.2, 0.25) is 0 Å². The van der Waals surface area contributed by atoms with E-state index in [0.29, 0.717) is 16.7 Å². The molecule has 0 saturated carbocycles. The van der Waals surface area contributed by atoms with Gasteiger partial charge in [0.1, 0.15) is 0 Å². The van der Waals surface area contributed by atoms with Crippen LogP contribution < -0.4 is 5.32 Å². The molecule has 0 spiro atoms. The van der Waals surface area contributed by atoms with Crippen LogP contribution in [0, 0.1) is 5.41 Å². The summed E-state index contributed by atoms with van der Waals surface area (Å²) in [6.07, 6.45) is 4.28. The Kier molecular flexibility index (Phi) is 4.51. The van der Waals surface area contributed by atoms with Crippen molar-refractivity contribution in [2.24, 2.45) is 5.41 Å². The number of allylic oxidation sites excluding steroid dienone is 6. The van der Waals surface area contributed by atoms with Gasteiger partial charge in [0.05, 0.1) is 0 Å². The van der Waals surface area contributed by atoms with Gasteiger partial charge in [-0.25, -0.2) is 0 Å². The maximum absolute atomic E-state index is 12.3. The summed E-state index contributed by atoms with van der Waals surface area (Å²) in [5, 5.41) is 3.06. The molecule has 0 amide bonds. The molecule has 0 saturated heterocycles. The molecular weight excluding hydrogens is 238 g/mol. The third-order valence-corrected chi connectivity index (χ3v) is 3.83. The summed E-state index contributed by atoms with van der Waals surface area (Å²) in [5.41, 5.74) is 2.47. The first-order valence-electron chi connectivity index (χ1n) is 6.54. The van der Waals surface area contributed by atoms with E-state index in [4.69, 9.17) is 0 Å². The van der Waals surface area contributed by atoms with Gasteiger partial charge in [0.25, 0.3) is 0 Å². The van der Waals surface area contributed by atoms with E-state index in [1.54, 1.807) is 13.8 Å². The highest BCUT2D eigenvalue weighted by molar-refractivity contribution is 6.22. The highest BCUT2D eigenvalue weighted by atomic mass is 16.1. The van der Waals surface area contributed by atoms with Crippen molar-refractivity contribution in [1.29, 1.82) is 0 Å². The molecule has 0 aromatic rings. The predicted molar refractivity (Wildman–Crippen MR) is 77.7 cm³/mol. The van der Waals surface area contributed by atoms with Gasteiger partial charge in [-0.05, 0) is 38.7 Å². The first-order chi connectivity index (χ1) is 8.70. The zero-order valence-electron chi connectivity index (χ0n) is 12.7. The molecule has 0 aromatic heterocycles. The number of Topliss-reactive ketones (excluding diaryl/α,β-unsaturated/α-hetero) is 1. The molecule has 1 rings (SSSR count). The van der Waals surface area contributed by atoms with Crippen molar-refractivity contribution in [3.05, 3.63) is 34.6 Å². The summed E-state index contributed by atoms with van der Waals surface area (Å²) in [6, 6.07) is 0. The van der Waals surface area contributed by atoms with Crippen LogP contribution in [0.3, 0.4) is 0 Å². The number of carbonyl (C=O) groups excluding carboxylic acids is 2. The van der Waals surface area contributed by atoms with Crippen LogP contribution in [0.5, 0.6) is 0 Å². The lowest BCUT2D eigenvalue weighted by Gasteiger charge is -2.28. The number of rotatable bonds is 4. The lowest BCUT2D eigenvalue weighted by molar-refractivity contribution is -0.116. The average molecular weight is 261 g/mol. The van der Waals surface area contributed by atoms with Gasteiger partial charge in [0.15, 0.2) is 11.6 Å². The molecule has 0 aromatic carbocycles. The average Bonchev–Trinajstić information content (AvgIpc) is 2.37. The van der Waals surface area contributed by atoms with Crippen LogP contribution in [0.25, 0.3) is 0 Å². The standard InChI is InChI=1S/C16H23NO2/c1-10(17-6)7-8-16(4,5)13-9-14(18)11(2)12(3)15(13)19/h7,9,17H,8H2,1-6H3/b10-7+. The van der Waals surface area contributed by atoms with Gasteiger partial charge in [-0.1, -0.05) is 19.9 Å². The predicted octanol–water partition coefficient (Wildman–Crippen LogP) is 2.94. The van der Waals surface area contributed by atoms with Crippen molar-refractivity contribution in [3.8, 4) is 0 Å². The van der Waals surface area contributed by atoms with Crippen molar-refractivity contribution in [2.45, 2.75) is 41.0 Å². The summed E-state index contributed by atoms with van der Waals surface area (Å²) >= 11 is 0. The molecule has 0 unspecified atom stereocenters. The van der Waals surface area contributed by atoms with Crippen molar-refractivity contribution in [2.75, 3.05) is 7.05 Å². The molecule has 104 valence electrons. The van der Waals surface area contributed by atoms with E-state index >= 15 is 0 Å². The first kappa shape index (κ1) is 15.4. The largest absolute Gasteiger partial charge is 0.392 e. The van der Waals surface area contributed by atoms with E-state index < -0.39 is 0 Å². The number of nitrogens with one attached hydrogen (secondary N) is 1. The molecule has 0 atom stereocenters. The fourth-order valence-corrected chi connectivity index (χ4v) is 1.98. The Morgan fingerprint density at radius 1 is 1.26 bits per heavy atom. The Hall–Kier alpha value is -1.64. The number of hydrogen-bond acceptors (Lipinski definition) is 3. The third kappa shape index (κ3) is 3.22. The topological polar surface area (TPSA) is 46.2 Å².